The zero-order chi connectivity index (χ0) is 17.4. The van der Waals surface area contributed by atoms with E-state index in [4.69, 9.17) is 9.47 Å². The normalized spacial score (nSPS) is 10.2. The molecule has 1 aromatic carbocycles. The molecule has 6 heteroatoms. The van der Waals surface area contributed by atoms with E-state index in [1.54, 1.807) is 18.1 Å². The van der Waals surface area contributed by atoms with Crippen molar-refractivity contribution in [2.45, 2.75) is 26.5 Å². The Morgan fingerprint density at radius 2 is 2.04 bits per heavy atom. The Morgan fingerprint density at radius 3 is 2.67 bits per heavy atom. The summed E-state index contributed by atoms with van der Waals surface area (Å²) in [5.41, 5.74) is 0.872. The van der Waals surface area contributed by atoms with E-state index in [1.807, 2.05) is 36.6 Å². The van der Waals surface area contributed by atoms with Gasteiger partial charge >= 0.3 is 0 Å². The first-order chi connectivity index (χ1) is 11.7. The highest BCUT2D eigenvalue weighted by Crippen LogP contribution is 2.19. The minimum Gasteiger partial charge on any atom is -0.497 e. The van der Waals surface area contributed by atoms with Crippen molar-refractivity contribution in [2.75, 3.05) is 13.7 Å². The number of carbonyl (C=O) groups is 1. The average Bonchev–Trinajstić information content (AvgIpc) is 3.07. The molecule has 0 radical (unpaired) electrons. The summed E-state index contributed by atoms with van der Waals surface area (Å²) in [6, 6.07) is 7.43. The van der Waals surface area contributed by atoms with Gasteiger partial charge in [-0.2, -0.15) is 0 Å². The SMILES string of the molecule is C=CCN(Cc1csc(COc2ccc(OC)cc2)n1)C(=O)CC. The van der Waals surface area contributed by atoms with E-state index in [0.29, 0.717) is 26.1 Å². The van der Waals surface area contributed by atoms with Gasteiger partial charge in [0.05, 0.1) is 19.3 Å². The van der Waals surface area contributed by atoms with Crippen LogP contribution < -0.4 is 9.47 Å². The van der Waals surface area contributed by atoms with Crippen LogP contribution in [0.4, 0.5) is 0 Å². The van der Waals surface area contributed by atoms with E-state index in [1.165, 1.54) is 11.3 Å². The number of aromatic nitrogens is 1. The molecule has 2 aromatic rings. The summed E-state index contributed by atoms with van der Waals surface area (Å²) in [6.45, 7) is 6.98. The molecule has 1 amide bonds. The molecule has 0 aliphatic rings. The van der Waals surface area contributed by atoms with Gasteiger partial charge in [0, 0.05) is 18.3 Å². The fourth-order valence-corrected chi connectivity index (χ4v) is 2.83. The molecule has 0 atom stereocenters. The molecule has 1 aromatic heterocycles. The lowest BCUT2D eigenvalue weighted by Crippen LogP contribution is -2.30. The van der Waals surface area contributed by atoms with Crippen molar-refractivity contribution in [3.8, 4) is 11.5 Å². The number of ether oxygens (including phenoxy) is 2. The van der Waals surface area contributed by atoms with Gasteiger partial charge in [-0.1, -0.05) is 13.0 Å². The number of hydrogen-bond donors (Lipinski definition) is 0. The summed E-state index contributed by atoms with van der Waals surface area (Å²) in [6.07, 6.45) is 2.21. The molecule has 0 aliphatic carbocycles. The molecule has 0 saturated heterocycles. The van der Waals surface area contributed by atoms with Crippen LogP contribution in [0.2, 0.25) is 0 Å². The highest BCUT2D eigenvalue weighted by Gasteiger charge is 2.12. The van der Waals surface area contributed by atoms with Gasteiger partial charge in [0.25, 0.3) is 0 Å². The maximum atomic E-state index is 11.9. The summed E-state index contributed by atoms with van der Waals surface area (Å²) < 4.78 is 10.8. The topological polar surface area (TPSA) is 51.7 Å². The average molecular weight is 346 g/mol. The third-order valence-corrected chi connectivity index (χ3v) is 4.25. The number of thiazole rings is 1. The van der Waals surface area contributed by atoms with E-state index >= 15 is 0 Å². The lowest BCUT2D eigenvalue weighted by Gasteiger charge is -2.19. The molecular formula is C18H22N2O3S. The van der Waals surface area contributed by atoms with Crippen molar-refractivity contribution in [1.82, 2.24) is 9.88 Å². The van der Waals surface area contributed by atoms with Crippen LogP contribution >= 0.6 is 11.3 Å². The van der Waals surface area contributed by atoms with Gasteiger partial charge in [-0.3, -0.25) is 4.79 Å². The number of methoxy groups -OCH3 is 1. The smallest absolute Gasteiger partial charge is 0.222 e. The Balaban J connectivity index is 1.91. The van der Waals surface area contributed by atoms with Crippen LogP contribution in [0.5, 0.6) is 11.5 Å². The second kappa shape index (κ2) is 9.08. The van der Waals surface area contributed by atoms with Crippen molar-refractivity contribution in [1.29, 1.82) is 0 Å². The van der Waals surface area contributed by atoms with Crippen LogP contribution in [0.25, 0.3) is 0 Å². The van der Waals surface area contributed by atoms with Crippen LogP contribution in [-0.4, -0.2) is 29.4 Å². The largest absolute Gasteiger partial charge is 0.497 e. The zero-order valence-electron chi connectivity index (χ0n) is 14.0. The molecular weight excluding hydrogens is 324 g/mol. The number of amides is 1. The van der Waals surface area contributed by atoms with Crippen LogP contribution in [0.1, 0.15) is 24.0 Å². The highest BCUT2D eigenvalue weighted by atomic mass is 32.1. The maximum absolute atomic E-state index is 11.9. The molecule has 0 N–H and O–H groups in total. The molecule has 1 heterocycles. The van der Waals surface area contributed by atoms with Crippen LogP contribution in [-0.2, 0) is 17.9 Å². The quantitative estimate of drug-likeness (QED) is 0.650. The Hall–Kier alpha value is -2.34. The number of carbonyl (C=O) groups excluding carboxylic acids is 1. The Bertz CT molecular complexity index is 667. The molecule has 0 saturated carbocycles. The lowest BCUT2D eigenvalue weighted by atomic mass is 10.3. The Kier molecular flexibility index (Phi) is 6.81. The van der Waals surface area contributed by atoms with Gasteiger partial charge in [0.1, 0.15) is 23.1 Å². The standard InChI is InChI=1S/C18H22N2O3S/c1-4-10-20(18(21)5-2)11-14-13-24-17(19-14)12-23-16-8-6-15(22-3)7-9-16/h4,6-9,13H,1,5,10-12H2,2-3H3. The number of benzene rings is 1. The maximum Gasteiger partial charge on any atom is 0.222 e. The lowest BCUT2D eigenvalue weighted by molar-refractivity contribution is -0.130. The van der Waals surface area contributed by atoms with Crippen molar-refractivity contribution in [3.63, 3.8) is 0 Å². The van der Waals surface area contributed by atoms with E-state index in [2.05, 4.69) is 11.6 Å². The Morgan fingerprint density at radius 1 is 1.33 bits per heavy atom. The van der Waals surface area contributed by atoms with Crippen LogP contribution in [0.3, 0.4) is 0 Å². The Labute approximate surface area is 146 Å². The van der Waals surface area contributed by atoms with Gasteiger partial charge in [0.2, 0.25) is 5.91 Å². The first-order valence-electron chi connectivity index (χ1n) is 7.75. The summed E-state index contributed by atoms with van der Waals surface area (Å²) in [5.74, 6) is 1.66. The molecule has 0 spiro atoms. The fourth-order valence-electron chi connectivity index (χ4n) is 2.13. The third-order valence-electron chi connectivity index (χ3n) is 3.38. The minimum atomic E-state index is 0.0962. The predicted molar refractivity (Wildman–Crippen MR) is 95.3 cm³/mol. The van der Waals surface area contributed by atoms with Crippen molar-refractivity contribution < 1.29 is 14.3 Å². The second-order valence-electron chi connectivity index (χ2n) is 5.11. The molecule has 5 nitrogen and oxygen atoms in total. The second-order valence-corrected chi connectivity index (χ2v) is 6.06. The molecule has 128 valence electrons. The number of nitrogens with zero attached hydrogens (tertiary/aromatic N) is 2. The van der Waals surface area contributed by atoms with Crippen LogP contribution in [0, 0.1) is 0 Å². The van der Waals surface area contributed by atoms with Crippen LogP contribution in [0.15, 0.2) is 42.3 Å². The molecule has 0 bridgehead atoms. The fraction of sp³-hybridized carbons (Fsp3) is 0.333. The van der Waals surface area contributed by atoms with Gasteiger partial charge in [-0.05, 0) is 24.3 Å². The predicted octanol–water partition coefficient (Wildman–Crippen LogP) is 3.66. The monoisotopic (exact) mass is 346 g/mol. The van der Waals surface area contributed by atoms with Crippen molar-refractivity contribution in [2.24, 2.45) is 0 Å². The highest BCUT2D eigenvalue weighted by molar-refractivity contribution is 7.09. The van der Waals surface area contributed by atoms with E-state index < -0.39 is 0 Å². The number of hydrogen-bond acceptors (Lipinski definition) is 5. The first-order valence-corrected chi connectivity index (χ1v) is 8.63. The molecule has 24 heavy (non-hydrogen) atoms. The van der Waals surface area contributed by atoms with E-state index in [-0.39, 0.29) is 5.91 Å². The summed E-state index contributed by atoms with van der Waals surface area (Å²) >= 11 is 1.53. The molecule has 2 rings (SSSR count). The minimum absolute atomic E-state index is 0.0962. The van der Waals surface area contributed by atoms with Crippen molar-refractivity contribution >= 4 is 17.2 Å². The van der Waals surface area contributed by atoms with E-state index in [0.717, 1.165) is 22.2 Å². The van der Waals surface area contributed by atoms with Gasteiger partial charge in [-0.25, -0.2) is 4.98 Å². The van der Waals surface area contributed by atoms with Gasteiger partial charge in [0.15, 0.2) is 0 Å². The molecule has 0 unspecified atom stereocenters. The third kappa shape index (κ3) is 5.09. The molecule has 0 fully saturated rings. The van der Waals surface area contributed by atoms with E-state index in [9.17, 15) is 4.79 Å². The summed E-state index contributed by atoms with van der Waals surface area (Å²) in [5, 5.41) is 2.84. The van der Waals surface area contributed by atoms with Gasteiger partial charge in [-0.15, -0.1) is 17.9 Å². The van der Waals surface area contributed by atoms with Crippen molar-refractivity contribution in [3.05, 3.63) is 53.0 Å². The summed E-state index contributed by atoms with van der Waals surface area (Å²) in [4.78, 5) is 18.2. The number of rotatable bonds is 9. The first kappa shape index (κ1) is 18.0. The summed E-state index contributed by atoms with van der Waals surface area (Å²) in [7, 11) is 1.63. The molecule has 0 aliphatic heterocycles. The zero-order valence-corrected chi connectivity index (χ0v) is 14.8. The van der Waals surface area contributed by atoms with Gasteiger partial charge < -0.3 is 14.4 Å².